The van der Waals surface area contributed by atoms with Crippen LogP contribution in [0.1, 0.15) is 13.8 Å². The van der Waals surface area contributed by atoms with Gasteiger partial charge in [-0.15, -0.1) is 6.58 Å². The summed E-state index contributed by atoms with van der Waals surface area (Å²) in [6.45, 7) is 7.02. The number of carboxylic acids is 1. The third-order valence-electron chi connectivity index (χ3n) is 7.65. The van der Waals surface area contributed by atoms with Gasteiger partial charge in [0.1, 0.15) is 49.3 Å². The molecule has 9 N–H and O–H groups in total. The van der Waals surface area contributed by atoms with Crippen molar-refractivity contribution in [1.29, 1.82) is 0 Å². The molecular formula is C30H45N4O12+. The van der Waals surface area contributed by atoms with Crippen molar-refractivity contribution in [3.63, 3.8) is 0 Å². The first-order chi connectivity index (χ1) is 21.9. The van der Waals surface area contributed by atoms with Crippen molar-refractivity contribution in [2.75, 3.05) is 40.5 Å². The van der Waals surface area contributed by atoms with Gasteiger partial charge in [0, 0.05) is 18.5 Å². The van der Waals surface area contributed by atoms with Gasteiger partial charge in [0.2, 0.25) is 6.29 Å². The Kier molecular flexibility index (Phi) is 13.5. The Morgan fingerprint density at radius 2 is 1.98 bits per heavy atom. The molecular weight excluding hydrogens is 608 g/mol. The van der Waals surface area contributed by atoms with Crippen LogP contribution in [0.3, 0.4) is 0 Å². The zero-order valence-electron chi connectivity index (χ0n) is 26.2. The van der Waals surface area contributed by atoms with Crippen molar-refractivity contribution >= 4 is 17.9 Å². The predicted molar refractivity (Wildman–Crippen MR) is 161 cm³/mol. The zero-order chi connectivity index (χ0) is 34.1. The molecule has 0 aromatic carbocycles. The Bertz CT molecular complexity index is 1260. The summed E-state index contributed by atoms with van der Waals surface area (Å²) in [6.07, 6.45) is -0.738. The number of ether oxygens (including phenoxy) is 5. The zero-order valence-corrected chi connectivity index (χ0v) is 26.2. The van der Waals surface area contributed by atoms with Gasteiger partial charge in [-0.25, -0.2) is 9.59 Å². The van der Waals surface area contributed by atoms with Crippen molar-refractivity contribution in [2.45, 2.75) is 56.9 Å². The maximum absolute atomic E-state index is 12.9. The molecule has 3 aliphatic rings. The summed E-state index contributed by atoms with van der Waals surface area (Å²) < 4.78 is 28.5. The number of aliphatic hydroxyl groups is 4. The van der Waals surface area contributed by atoms with E-state index in [0.29, 0.717) is 10.5 Å². The quantitative estimate of drug-likeness (QED) is 0.0436. The number of nitrogens with zero attached hydrogens (tertiary/aromatic N) is 1. The summed E-state index contributed by atoms with van der Waals surface area (Å²) in [5.41, 5.74) is 6.56. The lowest BCUT2D eigenvalue weighted by Crippen LogP contribution is -3.09. The molecule has 3 rings (SSSR count). The number of nitrogens with one attached hydrogen (secondary N) is 2. The summed E-state index contributed by atoms with van der Waals surface area (Å²) in [7, 11) is 2.65. The van der Waals surface area contributed by atoms with Gasteiger partial charge in [-0.1, -0.05) is 18.2 Å². The highest BCUT2D eigenvalue weighted by Gasteiger charge is 2.49. The molecule has 16 heteroatoms. The number of guanidine groups is 1. The van der Waals surface area contributed by atoms with E-state index in [-0.39, 0.29) is 42.5 Å². The molecule has 1 fully saturated rings. The number of carboxylic acid groups (broad SMARTS) is 1. The largest absolute Gasteiger partial charge is 0.477 e. The Morgan fingerprint density at radius 1 is 1.26 bits per heavy atom. The van der Waals surface area contributed by atoms with Gasteiger partial charge in [0.15, 0.2) is 12.2 Å². The van der Waals surface area contributed by atoms with Gasteiger partial charge in [-0.05, 0) is 13.8 Å². The lowest BCUT2D eigenvalue weighted by Gasteiger charge is -2.44. The van der Waals surface area contributed by atoms with Crippen molar-refractivity contribution in [2.24, 2.45) is 22.6 Å². The van der Waals surface area contributed by atoms with Gasteiger partial charge < -0.3 is 65.2 Å². The summed E-state index contributed by atoms with van der Waals surface area (Å²) >= 11 is 0. The van der Waals surface area contributed by atoms with E-state index in [0.717, 1.165) is 0 Å². The number of aliphatic imine (C=N–C) groups is 1. The SMILES string of the molecule is C=CC1C(OC2OC(CO)C(O)C(O)C2OC(C)C)OC=C(C(=O)OC)C1C=CC1=C(NC(N)=NC)C(C(=O)O)=C[NH+](CCO)C1. The molecule has 9 unspecified atom stereocenters. The fourth-order valence-electron chi connectivity index (χ4n) is 5.36. The van der Waals surface area contributed by atoms with E-state index < -0.39 is 73.5 Å². The van der Waals surface area contributed by atoms with Crippen molar-refractivity contribution < 1.29 is 63.7 Å². The van der Waals surface area contributed by atoms with Gasteiger partial charge in [-0.3, -0.25) is 4.99 Å². The van der Waals surface area contributed by atoms with Crippen LogP contribution in [-0.2, 0) is 33.3 Å². The number of carbonyl (C=O) groups excluding carboxylic acids is 1. The molecule has 0 bridgehead atoms. The van der Waals surface area contributed by atoms with E-state index in [1.54, 1.807) is 26.0 Å². The number of aliphatic hydroxyl groups excluding tert-OH is 4. The van der Waals surface area contributed by atoms with Crippen LogP contribution in [0.25, 0.3) is 0 Å². The van der Waals surface area contributed by atoms with E-state index in [9.17, 15) is 35.1 Å². The first-order valence-electron chi connectivity index (χ1n) is 14.7. The molecule has 3 heterocycles. The van der Waals surface area contributed by atoms with Crippen LogP contribution in [0.15, 0.2) is 64.7 Å². The molecule has 0 amide bonds. The molecule has 3 aliphatic heterocycles. The van der Waals surface area contributed by atoms with Crippen LogP contribution in [0.4, 0.5) is 0 Å². The minimum absolute atomic E-state index is 0.0311. The van der Waals surface area contributed by atoms with E-state index in [4.69, 9.17) is 29.4 Å². The number of rotatable bonds is 13. The van der Waals surface area contributed by atoms with E-state index in [2.05, 4.69) is 16.9 Å². The van der Waals surface area contributed by atoms with Gasteiger partial charge in [-0.2, -0.15) is 0 Å². The third kappa shape index (κ3) is 8.59. The highest BCUT2D eigenvalue weighted by atomic mass is 16.8. The Labute approximate surface area is 266 Å². The third-order valence-corrected chi connectivity index (χ3v) is 7.65. The van der Waals surface area contributed by atoms with Crippen LogP contribution in [0.5, 0.6) is 0 Å². The number of methoxy groups -OCH3 is 1. The number of allylic oxidation sites excluding steroid dienone is 1. The van der Waals surface area contributed by atoms with E-state index in [1.165, 1.54) is 32.7 Å². The molecule has 16 nitrogen and oxygen atoms in total. The number of hydrogen-bond acceptors (Lipinski definition) is 12. The van der Waals surface area contributed by atoms with Gasteiger partial charge in [0.05, 0.1) is 49.9 Å². The second-order valence-corrected chi connectivity index (χ2v) is 11.1. The summed E-state index contributed by atoms with van der Waals surface area (Å²) in [4.78, 5) is 29.6. The number of hydrogen-bond donors (Lipinski definition) is 8. The molecule has 0 saturated carbocycles. The number of aliphatic carboxylic acids is 1. The molecule has 0 aromatic rings. The highest BCUT2D eigenvalue weighted by Crippen LogP contribution is 2.37. The summed E-state index contributed by atoms with van der Waals surface area (Å²) in [5, 5.41) is 53.3. The first kappa shape index (κ1) is 36.9. The average molecular weight is 654 g/mol. The average Bonchev–Trinajstić information content (AvgIpc) is 3.03. The Morgan fingerprint density at radius 3 is 2.54 bits per heavy atom. The van der Waals surface area contributed by atoms with Crippen LogP contribution in [0.2, 0.25) is 0 Å². The molecule has 0 aromatic heterocycles. The number of carbonyl (C=O) groups is 2. The summed E-state index contributed by atoms with van der Waals surface area (Å²) in [6, 6.07) is 0. The van der Waals surface area contributed by atoms with Crippen molar-refractivity contribution in [3.05, 3.63) is 59.7 Å². The monoisotopic (exact) mass is 653 g/mol. The molecule has 9 atom stereocenters. The standard InChI is InChI=1S/C30H44N4O12/c1-6-17-18(8-7-16-11-34(9-10-35)12-19(26(39)40)22(16)33-30(31)32-4)20(27(41)42-5)14-43-28(17)46-29-25(44-15(2)3)24(38)23(37)21(13-36)45-29/h6-8,12,14-15,17-18,21,23-25,28-29,35-38H,1,9-11,13H2,2-5H3,(H,39,40)(H3,31,32,33)/p+1. The number of nitrogens with two attached hydrogens (primary N) is 1. The van der Waals surface area contributed by atoms with Crippen LogP contribution in [0, 0.1) is 11.8 Å². The lowest BCUT2D eigenvalue weighted by molar-refractivity contribution is -0.843. The minimum atomic E-state index is -1.47. The Balaban J connectivity index is 2.05. The van der Waals surface area contributed by atoms with Gasteiger partial charge in [0.25, 0.3) is 0 Å². The minimum Gasteiger partial charge on any atom is -0.477 e. The fraction of sp³-hybridized carbons (Fsp3) is 0.567. The normalized spacial score (nSPS) is 32.1. The van der Waals surface area contributed by atoms with Gasteiger partial charge >= 0.3 is 11.9 Å². The maximum atomic E-state index is 12.9. The Hall–Kier alpha value is -3.61. The maximum Gasteiger partial charge on any atom is 0.343 e. The van der Waals surface area contributed by atoms with Crippen LogP contribution >= 0.6 is 0 Å². The number of quaternary nitrogens is 1. The lowest BCUT2D eigenvalue weighted by atomic mass is 9.83. The smallest absolute Gasteiger partial charge is 0.343 e. The first-order valence-corrected chi connectivity index (χ1v) is 14.7. The van der Waals surface area contributed by atoms with E-state index in [1.807, 2.05) is 0 Å². The summed E-state index contributed by atoms with van der Waals surface area (Å²) in [5.74, 6) is -3.55. The number of esters is 1. The van der Waals surface area contributed by atoms with E-state index >= 15 is 0 Å². The second-order valence-electron chi connectivity index (χ2n) is 11.1. The molecule has 1 saturated heterocycles. The van der Waals surface area contributed by atoms with Crippen LogP contribution in [-0.4, -0.2) is 127 Å². The van der Waals surface area contributed by atoms with Crippen LogP contribution < -0.4 is 16.0 Å². The van der Waals surface area contributed by atoms with Crippen molar-refractivity contribution in [3.8, 4) is 0 Å². The molecule has 0 aliphatic carbocycles. The fourth-order valence-corrected chi connectivity index (χ4v) is 5.36. The van der Waals surface area contributed by atoms with Crippen molar-refractivity contribution in [1.82, 2.24) is 5.32 Å². The molecule has 46 heavy (non-hydrogen) atoms. The highest BCUT2D eigenvalue weighted by molar-refractivity contribution is 5.94. The molecule has 0 radical (unpaired) electrons. The predicted octanol–water partition coefficient (Wildman–Crippen LogP) is -2.73. The molecule has 256 valence electrons. The molecule has 0 spiro atoms. The topological polar surface area (TPSA) is 236 Å². The second kappa shape index (κ2) is 16.8.